The molecule has 0 radical (unpaired) electrons. The van der Waals surface area contributed by atoms with Gasteiger partial charge in [-0.3, -0.25) is 4.79 Å². The highest BCUT2D eigenvalue weighted by molar-refractivity contribution is 6.35. The van der Waals surface area contributed by atoms with E-state index < -0.39 is 6.23 Å². The molecule has 2 aromatic rings. The first-order valence-corrected chi connectivity index (χ1v) is 6.32. The molecular weight excluding hydrogens is 289 g/mol. The fourth-order valence-electron chi connectivity index (χ4n) is 2.06. The highest BCUT2D eigenvalue weighted by atomic mass is 35.5. The standard InChI is InChI=1S/C12H9Cl2N3O2/c13-7-1-6(2-8(14)3-7)9-4-15-12-16-5-10(18)17(12)11(9)19/h1-4,10,18H,5H2,(H,15,16). The second-order valence-corrected chi connectivity index (χ2v) is 5.06. The number of aromatic nitrogens is 2. The molecule has 1 atom stereocenters. The molecule has 2 N–H and O–H groups in total. The quantitative estimate of drug-likeness (QED) is 0.846. The molecule has 1 aliphatic heterocycles. The van der Waals surface area contributed by atoms with Crippen molar-refractivity contribution in [2.75, 3.05) is 11.9 Å². The van der Waals surface area contributed by atoms with E-state index in [9.17, 15) is 9.90 Å². The maximum Gasteiger partial charge on any atom is 0.264 e. The van der Waals surface area contributed by atoms with Gasteiger partial charge in [0.25, 0.3) is 5.56 Å². The molecule has 7 heteroatoms. The van der Waals surface area contributed by atoms with E-state index in [1.54, 1.807) is 18.2 Å². The van der Waals surface area contributed by atoms with Gasteiger partial charge >= 0.3 is 0 Å². The monoisotopic (exact) mass is 297 g/mol. The minimum atomic E-state index is -0.912. The molecule has 0 amide bonds. The zero-order chi connectivity index (χ0) is 13.6. The molecule has 1 aliphatic rings. The van der Waals surface area contributed by atoms with Crippen molar-refractivity contribution in [1.29, 1.82) is 0 Å². The van der Waals surface area contributed by atoms with Crippen LogP contribution in [0.3, 0.4) is 0 Å². The zero-order valence-electron chi connectivity index (χ0n) is 9.60. The van der Waals surface area contributed by atoms with Gasteiger partial charge in [-0.2, -0.15) is 0 Å². The van der Waals surface area contributed by atoms with Crippen LogP contribution in [0.15, 0.2) is 29.2 Å². The van der Waals surface area contributed by atoms with Gasteiger partial charge in [0.2, 0.25) is 5.95 Å². The number of nitrogens with one attached hydrogen (secondary N) is 1. The molecule has 1 aromatic heterocycles. The molecule has 98 valence electrons. The number of β-amino-alcohol motifs (C(OH)–C–C–N with tert-alkyl or cyclic N) is 1. The summed E-state index contributed by atoms with van der Waals surface area (Å²) < 4.78 is 1.21. The van der Waals surface area contributed by atoms with Crippen molar-refractivity contribution in [2.45, 2.75) is 6.23 Å². The van der Waals surface area contributed by atoms with Gasteiger partial charge in [0.05, 0.1) is 12.1 Å². The fourth-order valence-corrected chi connectivity index (χ4v) is 2.58. The van der Waals surface area contributed by atoms with E-state index in [1.807, 2.05) is 0 Å². The Balaban J connectivity index is 2.22. The van der Waals surface area contributed by atoms with Crippen LogP contribution in [-0.4, -0.2) is 21.2 Å². The molecule has 0 saturated heterocycles. The predicted octanol–water partition coefficient (Wildman–Crippen LogP) is 2.13. The first-order chi connectivity index (χ1) is 9.06. The van der Waals surface area contributed by atoms with Gasteiger partial charge in [-0.15, -0.1) is 0 Å². The molecule has 19 heavy (non-hydrogen) atoms. The maximum atomic E-state index is 12.3. The Bertz CT molecular complexity index is 694. The topological polar surface area (TPSA) is 67.2 Å². The van der Waals surface area contributed by atoms with Gasteiger partial charge < -0.3 is 10.4 Å². The lowest BCUT2D eigenvalue weighted by Gasteiger charge is -2.08. The van der Waals surface area contributed by atoms with Crippen LogP contribution in [-0.2, 0) is 0 Å². The average molecular weight is 298 g/mol. The second kappa shape index (κ2) is 4.52. The van der Waals surface area contributed by atoms with Crippen LogP contribution < -0.4 is 10.9 Å². The summed E-state index contributed by atoms with van der Waals surface area (Å²) >= 11 is 11.8. The lowest BCUT2D eigenvalue weighted by molar-refractivity contribution is 0.128. The summed E-state index contributed by atoms with van der Waals surface area (Å²) in [5.74, 6) is 0.356. The summed E-state index contributed by atoms with van der Waals surface area (Å²) in [7, 11) is 0. The lowest BCUT2D eigenvalue weighted by Crippen LogP contribution is -2.24. The molecule has 2 heterocycles. The van der Waals surface area contributed by atoms with Crippen LogP contribution in [0.5, 0.6) is 0 Å². The first-order valence-electron chi connectivity index (χ1n) is 5.56. The van der Waals surface area contributed by atoms with E-state index >= 15 is 0 Å². The number of hydrogen-bond donors (Lipinski definition) is 2. The van der Waals surface area contributed by atoms with Gasteiger partial charge in [0.1, 0.15) is 0 Å². The Morgan fingerprint density at radius 2 is 2.00 bits per heavy atom. The van der Waals surface area contributed by atoms with Crippen molar-refractivity contribution >= 4 is 29.2 Å². The number of fused-ring (bicyclic) bond motifs is 1. The average Bonchev–Trinajstić information content (AvgIpc) is 2.71. The van der Waals surface area contributed by atoms with E-state index in [1.165, 1.54) is 10.8 Å². The number of hydrogen-bond acceptors (Lipinski definition) is 4. The van der Waals surface area contributed by atoms with E-state index in [-0.39, 0.29) is 12.1 Å². The summed E-state index contributed by atoms with van der Waals surface area (Å²) in [6, 6.07) is 4.85. The Kier molecular flexibility index (Phi) is 2.97. The van der Waals surface area contributed by atoms with Crippen LogP contribution in [0.2, 0.25) is 10.0 Å². The number of aliphatic hydroxyl groups is 1. The SMILES string of the molecule is O=c1c(-c2cc(Cl)cc(Cl)c2)cnc2n1C(O)CN2. The molecule has 5 nitrogen and oxygen atoms in total. The van der Waals surface area contributed by atoms with Crippen LogP contribution >= 0.6 is 23.2 Å². The normalized spacial score (nSPS) is 17.1. The minimum Gasteiger partial charge on any atom is -0.371 e. The van der Waals surface area contributed by atoms with Crippen molar-refractivity contribution in [2.24, 2.45) is 0 Å². The van der Waals surface area contributed by atoms with Gasteiger partial charge in [0.15, 0.2) is 6.23 Å². The van der Waals surface area contributed by atoms with Crippen LogP contribution in [0.4, 0.5) is 5.95 Å². The molecule has 0 fully saturated rings. The Labute approximate surface area is 118 Å². The third-order valence-corrected chi connectivity index (χ3v) is 3.34. The van der Waals surface area contributed by atoms with E-state index in [0.717, 1.165) is 0 Å². The number of halogens is 2. The first kappa shape index (κ1) is 12.5. The molecule has 3 rings (SSSR count). The lowest BCUT2D eigenvalue weighted by atomic mass is 10.1. The van der Waals surface area contributed by atoms with Crippen LogP contribution in [0.1, 0.15) is 6.23 Å². The highest BCUT2D eigenvalue weighted by Gasteiger charge is 2.23. The molecular formula is C12H9Cl2N3O2. The molecule has 0 spiro atoms. The Hall–Kier alpha value is -1.56. The molecule has 1 aromatic carbocycles. The Morgan fingerprint density at radius 1 is 1.32 bits per heavy atom. The predicted molar refractivity (Wildman–Crippen MR) is 73.7 cm³/mol. The van der Waals surface area contributed by atoms with E-state index in [0.29, 0.717) is 27.1 Å². The molecule has 0 aliphatic carbocycles. The van der Waals surface area contributed by atoms with Crippen molar-refractivity contribution < 1.29 is 5.11 Å². The van der Waals surface area contributed by atoms with Crippen molar-refractivity contribution in [1.82, 2.24) is 9.55 Å². The van der Waals surface area contributed by atoms with Gasteiger partial charge in [-0.1, -0.05) is 23.2 Å². The number of benzene rings is 1. The molecule has 0 saturated carbocycles. The van der Waals surface area contributed by atoms with Gasteiger partial charge in [-0.05, 0) is 23.8 Å². The summed E-state index contributed by atoms with van der Waals surface area (Å²) in [5, 5.41) is 13.5. The summed E-state index contributed by atoms with van der Waals surface area (Å²) in [6.45, 7) is 0.266. The smallest absolute Gasteiger partial charge is 0.264 e. The number of anilines is 1. The van der Waals surface area contributed by atoms with E-state index in [4.69, 9.17) is 23.2 Å². The van der Waals surface area contributed by atoms with Crippen molar-refractivity contribution in [3.8, 4) is 11.1 Å². The van der Waals surface area contributed by atoms with Crippen molar-refractivity contribution in [3.63, 3.8) is 0 Å². The molecule has 0 bridgehead atoms. The maximum absolute atomic E-state index is 12.3. The summed E-state index contributed by atoms with van der Waals surface area (Å²) in [4.78, 5) is 16.4. The molecule has 1 unspecified atom stereocenters. The third-order valence-electron chi connectivity index (χ3n) is 2.91. The third kappa shape index (κ3) is 2.10. The second-order valence-electron chi connectivity index (χ2n) is 4.19. The number of nitrogens with zero attached hydrogens (tertiary/aromatic N) is 2. The van der Waals surface area contributed by atoms with Crippen LogP contribution in [0, 0.1) is 0 Å². The number of rotatable bonds is 1. The number of aliphatic hydroxyl groups excluding tert-OH is 1. The fraction of sp³-hybridized carbons (Fsp3) is 0.167. The summed E-state index contributed by atoms with van der Waals surface area (Å²) in [6.07, 6.45) is 0.533. The van der Waals surface area contributed by atoms with Crippen molar-refractivity contribution in [3.05, 3.63) is 44.8 Å². The zero-order valence-corrected chi connectivity index (χ0v) is 11.1. The van der Waals surface area contributed by atoms with Gasteiger partial charge in [0, 0.05) is 16.2 Å². The van der Waals surface area contributed by atoms with E-state index in [2.05, 4.69) is 10.3 Å². The highest BCUT2D eigenvalue weighted by Crippen LogP contribution is 2.26. The largest absolute Gasteiger partial charge is 0.371 e. The Morgan fingerprint density at radius 3 is 2.68 bits per heavy atom. The minimum absolute atomic E-state index is 0.266. The van der Waals surface area contributed by atoms with Gasteiger partial charge in [-0.25, -0.2) is 9.55 Å². The van der Waals surface area contributed by atoms with Crippen LogP contribution in [0.25, 0.3) is 11.1 Å². The summed E-state index contributed by atoms with van der Waals surface area (Å²) in [5.41, 5.74) is 0.584.